The van der Waals surface area contributed by atoms with Crippen molar-refractivity contribution >= 4 is 23.3 Å². The summed E-state index contributed by atoms with van der Waals surface area (Å²) in [5.74, 6) is -0.613. The number of methoxy groups -OCH3 is 1. The van der Waals surface area contributed by atoms with E-state index in [9.17, 15) is 14.9 Å². The molecule has 0 aliphatic carbocycles. The van der Waals surface area contributed by atoms with E-state index in [1.54, 1.807) is 6.07 Å². The normalized spacial score (nSPS) is 10.2. The largest absolute Gasteiger partial charge is 0.465 e. The first kappa shape index (κ1) is 14.9. The second-order valence-corrected chi connectivity index (χ2v) is 4.67. The van der Waals surface area contributed by atoms with Gasteiger partial charge in [0.2, 0.25) is 0 Å². The number of rotatable bonds is 3. The lowest BCUT2D eigenvalue weighted by atomic mass is 10.0. The predicted octanol–water partition coefficient (Wildman–Crippen LogP) is 3.41. The van der Waals surface area contributed by atoms with Crippen LogP contribution in [-0.4, -0.2) is 23.0 Å². The van der Waals surface area contributed by atoms with E-state index in [0.29, 0.717) is 11.1 Å². The number of halogens is 1. The van der Waals surface area contributed by atoms with Crippen LogP contribution in [0.2, 0.25) is 5.15 Å². The summed E-state index contributed by atoms with van der Waals surface area (Å²) >= 11 is 5.86. The highest BCUT2D eigenvalue weighted by Crippen LogP contribution is 2.29. The smallest absolute Gasteiger partial charge is 0.341 e. The maximum atomic E-state index is 11.6. The van der Waals surface area contributed by atoms with Crippen LogP contribution in [-0.2, 0) is 4.74 Å². The number of carbonyl (C=O) groups is 1. The van der Waals surface area contributed by atoms with Gasteiger partial charge in [-0.1, -0.05) is 17.7 Å². The van der Waals surface area contributed by atoms with Crippen molar-refractivity contribution in [2.24, 2.45) is 0 Å². The first-order valence-electron chi connectivity index (χ1n) is 5.93. The minimum absolute atomic E-state index is 0.0219. The van der Waals surface area contributed by atoms with Gasteiger partial charge >= 0.3 is 5.97 Å². The van der Waals surface area contributed by atoms with Crippen molar-refractivity contribution in [2.75, 3.05) is 7.11 Å². The summed E-state index contributed by atoms with van der Waals surface area (Å²) in [5, 5.41) is 10.9. The Morgan fingerprint density at radius 2 is 2.10 bits per heavy atom. The van der Waals surface area contributed by atoms with Gasteiger partial charge in [-0.05, 0) is 24.1 Å². The van der Waals surface area contributed by atoms with Crippen LogP contribution in [0.5, 0.6) is 0 Å². The lowest BCUT2D eigenvalue weighted by Crippen LogP contribution is -2.04. The zero-order valence-electron chi connectivity index (χ0n) is 11.3. The van der Waals surface area contributed by atoms with Gasteiger partial charge in [0.15, 0.2) is 0 Å². The Balaban J connectivity index is 2.59. The molecule has 0 radical (unpaired) electrons. The number of aryl methyl sites for hydroxylation is 1. The van der Waals surface area contributed by atoms with Crippen molar-refractivity contribution in [3.63, 3.8) is 0 Å². The fraction of sp³-hybridized carbons (Fsp3) is 0.143. The number of esters is 1. The molecule has 7 heteroatoms. The highest BCUT2D eigenvalue weighted by molar-refractivity contribution is 6.32. The number of carbonyl (C=O) groups excluding carboxylic acids is 1. The van der Waals surface area contributed by atoms with Gasteiger partial charge in [-0.25, -0.2) is 9.78 Å². The molecule has 0 saturated heterocycles. The fourth-order valence-electron chi connectivity index (χ4n) is 1.88. The van der Waals surface area contributed by atoms with Gasteiger partial charge in [0, 0.05) is 23.9 Å². The Kier molecular flexibility index (Phi) is 4.18. The van der Waals surface area contributed by atoms with Crippen molar-refractivity contribution in [3.8, 4) is 11.1 Å². The van der Waals surface area contributed by atoms with Gasteiger partial charge in [0.05, 0.1) is 17.6 Å². The third kappa shape index (κ3) is 3.00. The number of aromatic nitrogens is 1. The Morgan fingerprint density at radius 3 is 2.71 bits per heavy atom. The molecule has 2 aromatic rings. The first-order chi connectivity index (χ1) is 9.93. The van der Waals surface area contributed by atoms with Crippen molar-refractivity contribution in [3.05, 3.63) is 56.9 Å². The van der Waals surface area contributed by atoms with Gasteiger partial charge in [-0.15, -0.1) is 0 Å². The van der Waals surface area contributed by atoms with Crippen LogP contribution in [0.1, 0.15) is 15.9 Å². The standard InChI is InChI=1S/C14H11ClN2O4/c1-8-3-4-10(17(19)20)6-11(8)9-5-12(14(18)21-2)13(15)16-7-9/h3-7H,1-2H3. The molecular formula is C14H11ClN2O4. The van der Waals surface area contributed by atoms with E-state index in [-0.39, 0.29) is 16.4 Å². The summed E-state index contributed by atoms with van der Waals surface area (Å²) < 4.78 is 4.63. The predicted molar refractivity (Wildman–Crippen MR) is 77.4 cm³/mol. The lowest BCUT2D eigenvalue weighted by Gasteiger charge is -2.08. The molecule has 0 atom stereocenters. The molecule has 1 heterocycles. The number of nitro benzene ring substituents is 1. The average Bonchev–Trinajstić information content (AvgIpc) is 2.47. The molecule has 0 aliphatic rings. The van der Waals surface area contributed by atoms with Crippen molar-refractivity contribution in [2.45, 2.75) is 6.92 Å². The second kappa shape index (κ2) is 5.88. The third-order valence-corrected chi connectivity index (χ3v) is 3.29. The molecule has 21 heavy (non-hydrogen) atoms. The Bertz CT molecular complexity index is 731. The molecule has 0 spiro atoms. The highest BCUT2D eigenvalue weighted by atomic mass is 35.5. The zero-order valence-corrected chi connectivity index (χ0v) is 12.0. The molecule has 0 N–H and O–H groups in total. The molecule has 0 fully saturated rings. The summed E-state index contributed by atoms with van der Waals surface area (Å²) in [4.78, 5) is 25.9. The van der Waals surface area contributed by atoms with Crippen LogP contribution >= 0.6 is 11.6 Å². The van der Waals surface area contributed by atoms with Crippen LogP contribution in [0.25, 0.3) is 11.1 Å². The molecule has 1 aromatic carbocycles. The van der Waals surface area contributed by atoms with Gasteiger partial charge in [0.25, 0.3) is 5.69 Å². The number of hydrogen-bond acceptors (Lipinski definition) is 5. The SMILES string of the molecule is COC(=O)c1cc(-c2cc([N+](=O)[O-])ccc2C)cnc1Cl. The minimum atomic E-state index is -0.613. The summed E-state index contributed by atoms with van der Waals surface area (Å²) in [6.45, 7) is 1.81. The quantitative estimate of drug-likeness (QED) is 0.375. The van der Waals surface area contributed by atoms with Crippen molar-refractivity contribution in [1.29, 1.82) is 0 Å². The van der Waals surface area contributed by atoms with Crippen molar-refractivity contribution in [1.82, 2.24) is 4.98 Å². The summed E-state index contributed by atoms with van der Waals surface area (Å²) in [6, 6.07) is 6.00. The van der Waals surface area contributed by atoms with E-state index in [4.69, 9.17) is 11.6 Å². The number of hydrogen-bond donors (Lipinski definition) is 0. The van der Waals surface area contributed by atoms with Gasteiger partial charge in [0.1, 0.15) is 5.15 Å². The van der Waals surface area contributed by atoms with Crippen LogP contribution < -0.4 is 0 Å². The van der Waals surface area contributed by atoms with Crippen LogP contribution in [0.3, 0.4) is 0 Å². The second-order valence-electron chi connectivity index (χ2n) is 4.31. The fourth-order valence-corrected chi connectivity index (χ4v) is 2.06. The van der Waals surface area contributed by atoms with Crippen LogP contribution in [0, 0.1) is 17.0 Å². The Labute approximate surface area is 125 Å². The number of ether oxygens (including phenoxy) is 1. The Hall–Kier alpha value is -2.47. The minimum Gasteiger partial charge on any atom is -0.465 e. The number of pyridine rings is 1. The maximum absolute atomic E-state index is 11.6. The van der Waals surface area contributed by atoms with E-state index in [1.807, 2.05) is 6.92 Å². The van der Waals surface area contributed by atoms with Crippen molar-refractivity contribution < 1.29 is 14.5 Å². The van der Waals surface area contributed by atoms with E-state index >= 15 is 0 Å². The van der Waals surface area contributed by atoms with Crippen LogP contribution in [0.15, 0.2) is 30.5 Å². The molecule has 0 amide bonds. The zero-order chi connectivity index (χ0) is 15.6. The topological polar surface area (TPSA) is 82.3 Å². The molecule has 0 unspecified atom stereocenters. The number of non-ortho nitro benzene ring substituents is 1. The summed E-state index contributed by atoms with van der Waals surface area (Å²) in [6.07, 6.45) is 1.46. The molecular weight excluding hydrogens is 296 g/mol. The molecule has 6 nitrogen and oxygen atoms in total. The monoisotopic (exact) mass is 306 g/mol. The molecule has 2 rings (SSSR count). The van der Waals surface area contributed by atoms with E-state index in [2.05, 4.69) is 9.72 Å². The Morgan fingerprint density at radius 1 is 1.38 bits per heavy atom. The van der Waals surface area contributed by atoms with Crippen LogP contribution in [0.4, 0.5) is 5.69 Å². The number of benzene rings is 1. The molecule has 0 bridgehead atoms. The molecule has 108 valence electrons. The van der Waals surface area contributed by atoms with E-state index in [0.717, 1.165) is 5.56 Å². The van der Waals surface area contributed by atoms with Gasteiger partial charge < -0.3 is 4.74 Å². The molecule has 0 saturated carbocycles. The third-order valence-electron chi connectivity index (χ3n) is 2.99. The molecule has 0 aliphatic heterocycles. The lowest BCUT2D eigenvalue weighted by molar-refractivity contribution is -0.384. The number of nitrogens with zero attached hydrogens (tertiary/aromatic N) is 2. The van der Waals surface area contributed by atoms with E-state index in [1.165, 1.54) is 31.5 Å². The average molecular weight is 307 g/mol. The first-order valence-corrected chi connectivity index (χ1v) is 6.31. The molecule has 1 aromatic heterocycles. The van der Waals surface area contributed by atoms with Gasteiger partial charge in [-0.2, -0.15) is 0 Å². The number of nitro groups is 1. The summed E-state index contributed by atoms with van der Waals surface area (Å²) in [7, 11) is 1.24. The summed E-state index contributed by atoms with van der Waals surface area (Å²) in [5.41, 5.74) is 2.06. The maximum Gasteiger partial charge on any atom is 0.341 e. The van der Waals surface area contributed by atoms with E-state index < -0.39 is 10.9 Å². The highest BCUT2D eigenvalue weighted by Gasteiger charge is 2.16. The van der Waals surface area contributed by atoms with Gasteiger partial charge in [-0.3, -0.25) is 10.1 Å².